The molecule has 0 radical (unpaired) electrons. The van der Waals surface area contributed by atoms with Crippen molar-refractivity contribution in [3.8, 4) is 5.88 Å². The molecular weight excluding hydrogens is 440 g/mol. The van der Waals surface area contributed by atoms with Crippen LogP contribution in [0.25, 0.3) is 0 Å². The minimum atomic E-state index is -3.80. The van der Waals surface area contributed by atoms with Crippen LogP contribution in [0.3, 0.4) is 0 Å². The van der Waals surface area contributed by atoms with E-state index >= 15 is 0 Å². The lowest BCUT2D eigenvalue weighted by Crippen LogP contribution is -2.11. The summed E-state index contributed by atoms with van der Waals surface area (Å²) >= 11 is 0.999. The van der Waals surface area contributed by atoms with Gasteiger partial charge in [0, 0.05) is 5.69 Å². The van der Waals surface area contributed by atoms with Gasteiger partial charge in [-0.3, -0.25) is 0 Å². The van der Waals surface area contributed by atoms with E-state index in [0.29, 0.717) is 16.5 Å². The zero-order valence-electron chi connectivity index (χ0n) is 14.4. The molecule has 0 atom stereocenters. The van der Waals surface area contributed by atoms with Crippen molar-refractivity contribution in [2.75, 3.05) is 5.32 Å². The summed E-state index contributed by atoms with van der Waals surface area (Å²) in [6.07, 6.45) is 0. The number of anilines is 2. The second-order valence-corrected chi connectivity index (χ2v) is 9.68. The summed E-state index contributed by atoms with van der Waals surface area (Å²) in [5.74, 6) is -0.358. The Balaban J connectivity index is 1.74. The van der Waals surface area contributed by atoms with E-state index < -0.39 is 20.0 Å². The molecule has 3 rings (SSSR count). The number of nitrogens with two attached hydrogens (primary N) is 2. The highest BCUT2D eigenvalue weighted by molar-refractivity contribution is 7.89. The number of hydrogen-bond acceptors (Lipinski definition) is 10. The van der Waals surface area contributed by atoms with Gasteiger partial charge in [0.15, 0.2) is 5.13 Å². The zero-order valence-corrected chi connectivity index (χ0v) is 16.9. The van der Waals surface area contributed by atoms with Gasteiger partial charge in [0.1, 0.15) is 0 Å². The number of benzene rings is 2. The minimum absolute atomic E-state index is 0.0343. The smallest absolute Gasteiger partial charge is 0.252 e. The Labute approximate surface area is 169 Å². The average Bonchev–Trinajstić information content (AvgIpc) is 2.98. The number of aromatic hydroxyl groups is 1. The van der Waals surface area contributed by atoms with Gasteiger partial charge in [-0.25, -0.2) is 27.1 Å². The molecule has 6 N–H and O–H groups in total. The van der Waals surface area contributed by atoms with Crippen LogP contribution in [0.2, 0.25) is 0 Å². The molecule has 14 heteroatoms. The fourth-order valence-corrected chi connectivity index (χ4v) is 3.81. The van der Waals surface area contributed by atoms with Crippen molar-refractivity contribution in [3.05, 3.63) is 48.5 Å². The Kier molecular flexibility index (Phi) is 5.63. The lowest BCUT2D eigenvalue weighted by molar-refractivity contribution is 0.459. The van der Waals surface area contributed by atoms with Crippen molar-refractivity contribution in [2.24, 2.45) is 20.5 Å². The lowest BCUT2D eigenvalue weighted by Gasteiger charge is -2.03. The molecule has 0 saturated carbocycles. The number of azo groups is 1. The lowest BCUT2D eigenvalue weighted by atomic mass is 10.3. The van der Waals surface area contributed by atoms with Crippen LogP contribution in [0.5, 0.6) is 5.88 Å². The fourth-order valence-electron chi connectivity index (χ4n) is 2.08. The molecule has 0 fully saturated rings. The maximum absolute atomic E-state index is 11.3. The predicted molar refractivity (Wildman–Crippen MR) is 107 cm³/mol. The van der Waals surface area contributed by atoms with Gasteiger partial charge in [0.25, 0.3) is 5.88 Å². The van der Waals surface area contributed by atoms with E-state index in [1.807, 2.05) is 0 Å². The number of nitrogens with zero attached hydrogens (tertiary/aromatic N) is 3. The first-order valence-corrected chi connectivity index (χ1v) is 11.6. The fraction of sp³-hybridized carbons (Fsp3) is 0. The molecule has 0 bridgehead atoms. The van der Waals surface area contributed by atoms with E-state index in [4.69, 9.17) is 10.3 Å². The highest BCUT2D eigenvalue weighted by atomic mass is 32.2. The Bertz CT molecular complexity index is 1270. The van der Waals surface area contributed by atoms with Gasteiger partial charge in [-0.1, -0.05) is 11.3 Å². The van der Waals surface area contributed by atoms with Crippen LogP contribution in [0.4, 0.5) is 21.5 Å². The number of rotatable bonds is 6. The first-order valence-electron chi connectivity index (χ1n) is 7.67. The van der Waals surface area contributed by atoms with Crippen molar-refractivity contribution in [1.82, 2.24) is 4.98 Å². The van der Waals surface area contributed by atoms with Crippen molar-refractivity contribution >= 4 is 52.9 Å². The molecule has 0 amide bonds. The first-order chi connectivity index (χ1) is 13.5. The van der Waals surface area contributed by atoms with E-state index in [0.717, 1.165) is 11.3 Å². The third-order valence-electron chi connectivity index (χ3n) is 3.45. The number of aromatic nitrogens is 1. The molecular formula is C15H14N6O5S3. The third kappa shape index (κ3) is 5.33. The quantitative estimate of drug-likeness (QED) is 0.411. The summed E-state index contributed by atoms with van der Waals surface area (Å²) in [7, 11) is -7.59. The second-order valence-electron chi connectivity index (χ2n) is 5.58. The molecule has 11 nitrogen and oxygen atoms in total. The molecule has 0 spiro atoms. The van der Waals surface area contributed by atoms with Crippen LogP contribution in [0, 0.1) is 0 Å². The molecule has 1 aromatic heterocycles. The van der Waals surface area contributed by atoms with Gasteiger partial charge in [0.05, 0.1) is 15.5 Å². The van der Waals surface area contributed by atoms with Gasteiger partial charge in [-0.2, -0.15) is 4.98 Å². The number of nitrogens with one attached hydrogen (secondary N) is 1. The highest BCUT2D eigenvalue weighted by Gasteiger charge is 2.12. The van der Waals surface area contributed by atoms with E-state index in [9.17, 15) is 21.9 Å². The highest BCUT2D eigenvalue weighted by Crippen LogP contribution is 2.38. The van der Waals surface area contributed by atoms with Crippen molar-refractivity contribution < 1.29 is 21.9 Å². The van der Waals surface area contributed by atoms with Crippen LogP contribution < -0.4 is 15.6 Å². The molecule has 29 heavy (non-hydrogen) atoms. The Morgan fingerprint density at radius 1 is 0.862 bits per heavy atom. The number of hydrogen-bond donors (Lipinski definition) is 4. The summed E-state index contributed by atoms with van der Waals surface area (Å²) < 4.78 is 45.0. The van der Waals surface area contributed by atoms with Crippen LogP contribution in [0.1, 0.15) is 0 Å². The van der Waals surface area contributed by atoms with Gasteiger partial charge in [0.2, 0.25) is 25.0 Å². The molecule has 0 unspecified atom stereocenters. The summed E-state index contributed by atoms with van der Waals surface area (Å²) in [6.45, 7) is 0. The average molecular weight is 455 g/mol. The van der Waals surface area contributed by atoms with Crippen LogP contribution in [-0.2, 0) is 20.0 Å². The monoisotopic (exact) mass is 454 g/mol. The van der Waals surface area contributed by atoms with E-state index in [-0.39, 0.29) is 20.7 Å². The second kappa shape index (κ2) is 7.84. The van der Waals surface area contributed by atoms with Crippen molar-refractivity contribution in [1.29, 1.82) is 0 Å². The van der Waals surface area contributed by atoms with Gasteiger partial charge >= 0.3 is 0 Å². The molecule has 3 aromatic rings. The molecule has 0 aliphatic heterocycles. The first kappa shape index (κ1) is 20.8. The Morgan fingerprint density at radius 2 is 1.38 bits per heavy atom. The minimum Gasteiger partial charge on any atom is -0.491 e. The topological polar surface area (TPSA) is 190 Å². The Morgan fingerprint density at radius 3 is 1.90 bits per heavy atom. The summed E-state index contributed by atoms with van der Waals surface area (Å²) in [4.78, 5) is 3.81. The molecule has 2 aromatic carbocycles. The van der Waals surface area contributed by atoms with Gasteiger partial charge in [-0.15, -0.1) is 10.2 Å². The number of primary sulfonamides is 2. The van der Waals surface area contributed by atoms with Crippen LogP contribution in [0.15, 0.2) is 68.6 Å². The van der Waals surface area contributed by atoms with Gasteiger partial charge < -0.3 is 10.4 Å². The zero-order chi connectivity index (χ0) is 21.2. The van der Waals surface area contributed by atoms with Gasteiger partial charge in [-0.05, 0) is 48.5 Å². The molecule has 152 valence electrons. The standard InChI is InChI=1S/C15H14N6O5S3/c16-28(23,24)11-5-1-9(2-6-11)18-15-19-13(22)14(27-15)21-20-10-3-7-12(8-4-10)29(17,25)26/h1-8,22H,(H,18,19)(H2,16,23,24)(H2,17,25,26). The SMILES string of the molecule is NS(=O)(=O)c1ccc(N=Nc2sc(Nc3ccc(S(N)(=O)=O)cc3)nc2O)cc1. The maximum atomic E-state index is 11.3. The van der Waals surface area contributed by atoms with Crippen molar-refractivity contribution in [2.45, 2.75) is 9.79 Å². The maximum Gasteiger partial charge on any atom is 0.252 e. The summed E-state index contributed by atoms with van der Waals surface area (Å²) in [6, 6.07) is 11.0. The third-order valence-corrected chi connectivity index (χ3v) is 6.15. The summed E-state index contributed by atoms with van der Waals surface area (Å²) in [5, 5.41) is 31.1. The van der Waals surface area contributed by atoms with Crippen LogP contribution in [-0.4, -0.2) is 26.9 Å². The largest absolute Gasteiger partial charge is 0.491 e. The normalized spacial score (nSPS) is 12.3. The van der Waals surface area contributed by atoms with E-state index in [1.165, 1.54) is 48.5 Å². The molecule has 0 saturated heterocycles. The van der Waals surface area contributed by atoms with Crippen LogP contribution >= 0.6 is 11.3 Å². The number of sulfonamides is 2. The molecule has 1 heterocycles. The summed E-state index contributed by atoms with van der Waals surface area (Å²) in [5.41, 5.74) is 0.867. The molecule has 0 aliphatic rings. The van der Waals surface area contributed by atoms with Crippen molar-refractivity contribution in [3.63, 3.8) is 0 Å². The molecule has 0 aliphatic carbocycles. The predicted octanol–water partition coefficient (Wildman–Crippen LogP) is 2.30. The Hall–Kier alpha value is -2.91. The van der Waals surface area contributed by atoms with E-state index in [2.05, 4.69) is 20.5 Å². The van der Waals surface area contributed by atoms with E-state index in [1.54, 1.807) is 0 Å². The number of thiazole rings is 1.